The van der Waals surface area contributed by atoms with Gasteiger partial charge in [-0.25, -0.2) is 0 Å². The highest BCUT2D eigenvalue weighted by Crippen LogP contribution is 2.39. The SMILES string of the molecule is CC(=O)c1c(C)nn(CCC(=O)N2C[C@H]3C[C@@H](N4CCCC4)[C@H](O)C[C@H]3C2)c1C. The van der Waals surface area contributed by atoms with Crippen molar-refractivity contribution in [2.24, 2.45) is 11.8 Å². The summed E-state index contributed by atoms with van der Waals surface area (Å²) < 4.78 is 1.79. The first kappa shape index (κ1) is 20.5. The van der Waals surface area contributed by atoms with E-state index in [4.69, 9.17) is 0 Å². The Bertz CT molecular complexity index is 783. The summed E-state index contributed by atoms with van der Waals surface area (Å²) >= 11 is 0. The molecule has 4 atom stereocenters. The summed E-state index contributed by atoms with van der Waals surface area (Å²) in [5.74, 6) is 1.10. The van der Waals surface area contributed by atoms with E-state index in [9.17, 15) is 14.7 Å². The van der Waals surface area contributed by atoms with E-state index in [1.165, 1.54) is 12.8 Å². The zero-order valence-corrected chi connectivity index (χ0v) is 17.9. The van der Waals surface area contributed by atoms with Crippen LogP contribution in [0.25, 0.3) is 0 Å². The molecule has 1 aromatic heterocycles. The molecule has 4 rings (SSSR count). The van der Waals surface area contributed by atoms with Crippen LogP contribution in [0.4, 0.5) is 0 Å². The Kier molecular flexibility index (Phi) is 5.80. The smallest absolute Gasteiger partial charge is 0.224 e. The van der Waals surface area contributed by atoms with Crippen LogP contribution in [0.5, 0.6) is 0 Å². The second kappa shape index (κ2) is 8.19. The summed E-state index contributed by atoms with van der Waals surface area (Å²) in [4.78, 5) is 29.1. The van der Waals surface area contributed by atoms with Gasteiger partial charge in [-0.1, -0.05) is 0 Å². The van der Waals surface area contributed by atoms with Crippen molar-refractivity contribution in [1.29, 1.82) is 0 Å². The predicted molar refractivity (Wildman–Crippen MR) is 110 cm³/mol. The van der Waals surface area contributed by atoms with Gasteiger partial charge in [0.05, 0.1) is 17.4 Å². The van der Waals surface area contributed by atoms with Gasteiger partial charge in [-0.05, 0) is 71.4 Å². The number of likely N-dealkylation sites (tertiary alicyclic amines) is 2. The molecule has 0 aromatic carbocycles. The van der Waals surface area contributed by atoms with Gasteiger partial charge in [-0.2, -0.15) is 5.10 Å². The average molecular weight is 403 g/mol. The van der Waals surface area contributed by atoms with Crippen LogP contribution < -0.4 is 0 Å². The molecule has 3 fully saturated rings. The summed E-state index contributed by atoms with van der Waals surface area (Å²) in [6, 6.07) is 0.272. The van der Waals surface area contributed by atoms with Gasteiger partial charge in [-0.3, -0.25) is 19.2 Å². The molecule has 2 aliphatic heterocycles. The lowest BCUT2D eigenvalue weighted by Gasteiger charge is -2.40. The number of rotatable bonds is 5. The fraction of sp³-hybridized carbons (Fsp3) is 0.773. The molecule has 7 nitrogen and oxygen atoms in total. The van der Waals surface area contributed by atoms with Crippen LogP contribution in [-0.2, 0) is 11.3 Å². The fourth-order valence-corrected chi connectivity index (χ4v) is 5.86. The Hall–Kier alpha value is -1.73. The Morgan fingerprint density at radius 2 is 1.76 bits per heavy atom. The Balaban J connectivity index is 1.34. The van der Waals surface area contributed by atoms with Crippen molar-refractivity contribution < 1.29 is 14.7 Å². The highest BCUT2D eigenvalue weighted by atomic mass is 16.3. The number of aromatic nitrogens is 2. The van der Waals surface area contributed by atoms with Crippen LogP contribution in [0.1, 0.15) is 60.8 Å². The lowest BCUT2D eigenvalue weighted by Crippen LogP contribution is -2.48. The lowest BCUT2D eigenvalue weighted by molar-refractivity contribution is -0.130. The first-order valence-electron chi connectivity index (χ1n) is 11.1. The van der Waals surface area contributed by atoms with Crippen molar-refractivity contribution in [1.82, 2.24) is 19.6 Å². The molecule has 3 aliphatic rings. The maximum absolute atomic E-state index is 12.9. The molecule has 1 saturated carbocycles. The number of aliphatic hydroxyl groups excluding tert-OH is 1. The number of hydrogen-bond acceptors (Lipinski definition) is 5. The Morgan fingerprint density at radius 1 is 1.10 bits per heavy atom. The average Bonchev–Trinajstić information content (AvgIpc) is 3.37. The maximum atomic E-state index is 12.9. The quantitative estimate of drug-likeness (QED) is 0.760. The van der Waals surface area contributed by atoms with Gasteiger partial charge < -0.3 is 10.0 Å². The molecule has 0 radical (unpaired) electrons. The number of aryl methyl sites for hydroxylation is 2. The number of fused-ring (bicyclic) bond motifs is 1. The van der Waals surface area contributed by atoms with E-state index in [2.05, 4.69) is 10.00 Å². The molecule has 0 bridgehead atoms. The van der Waals surface area contributed by atoms with Crippen molar-refractivity contribution in [3.05, 3.63) is 17.0 Å². The lowest BCUT2D eigenvalue weighted by atomic mass is 9.77. The minimum atomic E-state index is -0.260. The molecular weight excluding hydrogens is 368 g/mol. The number of nitrogens with zero attached hydrogens (tertiary/aromatic N) is 4. The minimum absolute atomic E-state index is 0.0207. The molecule has 3 heterocycles. The topological polar surface area (TPSA) is 78.7 Å². The van der Waals surface area contributed by atoms with E-state index in [1.807, 2.05) is 18.7 Å². The van der Waals surface area contributed by atoms with Crippen LogP contribution in [0.15, 0.2) is 0 Å². The first-order valence-corrected chi connectivity index (χ1v) is 11.1. The van der Waals surface area contributed by atoms with E-state index in [1.54, 1.807) is 11.6 Å². The van der Waals surface area contributed by atoms with Crippen LogP contribution in [0.3, 0.4) is 0 Å². The van der Waals surface area contributed by atoms with Gasteiger partial charge in [0.1, 0.15) is 0 Å². The zero-order chi connectivity index (χ0) is 20.7. The highest BCUT2D eigenvalue weighted by Gasteiger charge is 2.44. The summed E-state index contributed by atoms with van der Waals surface area (Å²) in [6.45, 7) is 9.59. The largest absolute Gasteiger partial charge is 0.391 e. The van der Waals surface area contributed by atoms with E-state index < -0.39 is 0 Å². The van der Waals surface area contributed by atoms with Gasteiger partial charge in [0.25, 0.3) is 0 Å². The van der Waals surface area contributed by atoms with Gasteiger partial charge in [0, 0.05) is 37.8 Å². The summed E-state index contributed by atoms with van der Waals surface area (Å²) in [7, 11) is 0. The molecule has 0 unspecified atom stereocenters. The number of amides is 1. The molecular formula is C22H34N4O3. The van der Waals surface area contributed by atoms with Gasteiger partial charge >= 0.3 is 0 Å². The number of aliphatic hydroxyl groups is 1. The van der Waals surface area contributed by atoms with Crippen LogP contribution in [0, 0.1) is 25.7 Å². The van der Waals surface area contributed by atoms with Crippen molar-refractivity contribution in [2.75, 3.05) is 26.2 Å². The summed E-state index contributed by atoms with van der Waals surface area (Å²) in [5, 5.41) is 15.1. The number of carbonyl (C=O) groups is 2. The molecule has 1 amide bonds. The Morgan fingerprint density at radius 3 is 2.38 bits per heavy atom. The number of carbonyl (C=O) groups excluding carboxylic acids is 2. The molecule has 2 saturated heterocycles. The second-order valence-electron chi connectivity index (χ2n) is 9.24. The third-order valence-electron chi connectivity index (χ3n) is 7.34. The second-order valence-corrected chi connectivity index (χ2v) is 9.24. The summed E-state index contributed by atoms with van der Waals surface area (Å²) in [6.07, 6.45) is 4.43. The molecule has 1 aromatic rings. The van der Waals surface area contributed by atoms with Gasteiger partial charge in [-0.15, -0.1) is 0 Å². The van der Waals surface area contributed by atoms with Gasteiger partial charge in [0.15, 0.2) is 5.78 Å². The van der Waals surface area contributed by atoms with Crippen LogP contribution in [0.2, 0.25) is 0 Å². The van der Waals surface area contributed by atoms with E-state index in [0.717, 1.165) is 50.4 Å². The molecule has 0 spiro atoms. The van der Waals surface area contributed by atoms with Crippen molar-refractivity contribution in [3.63, 3.8) is 0 Å². The molecule has 1 aliphatic carbocycles. The van der Waals surface area contributed by atoms with Crippen molar-refractivity contribution in [2.45, 2.75) is 71.6 Å². The molecule has 29 heavy (non-hydrogen) atoms. The van der Waals surface area contributed by atoms with Gasteiger partial charge in [0.2, 0.25) is 5.91 Å². The van der Waals surface area contributed by atoms with E-state index in [0.29, 0.717) is 30.4 Å². The van der Waals surface area contributed by atoms with Crippen LogP contribution >= 0.6 is 0 Å². The monoisotopic (exact) mass is 402 g/mol. The zero-order valence-electron chi connectivity index (χ0n) is 17.9. The van der Waals surface area contributed by atoms with E-state index >= 15 is 0 Å². The normalized spacial score (nSPS) is 30.0. The number of ketones is 1. The number of hydrogen-bond donors (Lipinski definition) is 1. The third-order valence-corrected chi connectivity index (χ3v) is 7.34. The van der Waals surface area contributed by atoms with Crippen molar-refractivity contribution in [3.8, 4) is 0 Å². The molecule has 7 heteroatoms. The van der Waals surface area contributed by atoms with E-state index in [-0.39, 0.29) is 23.8 Å². The number of Topliss-reactive ketones (excluding diaryl/α,β-unsaturated/α-hetero) is 1. The molecule has 1 N–H and O–H groups in total. The summed E-state index contributed by atoms with van der Waals surface area (Å²) in [5.41, 5.74) is 2.25. The van der Waals surface area contributed by atoms with Crippen LogP contribution in [-0.4, -0.2) is 74.7 Å². The standard InChI is InChI=1S/C22H34N4O3/c1-14-22(16(3)27)15(2)26(23-14)9-6-21(29)25-12-17-10-19(24-7-4-5-8-24)20(28)11-18(17)13-25/h17-20,28H,4-13H2,1-3H3/t17-,18+,19-,20-/m1/s1. The predicted octanol–water partition coefficient (Wildman–Crippen LogP) is 1.79. The fourth-order valence-electron chi connectivity index (χ4n) is 5.86. The highest BCUT2D eigenvalue weighted by molar-refractivity contribution is 5.96. The Labute approximate surface area is 173 Å². The minimum Gasteiger partial charge on any atom is -0.391 e. The van der Waals surface area contributed by atoms with Crippen molar-refractivity contribution >= 4 is 11.7 Å². The molecule has 160 valence electrons. The first-order chi connectivity index (χ1) is 13.8. The third kappa shape index (κ3) is 3.99. The maximum Gasteiger partial charge on any atom is 0.224 e.